The minimum absolute atomic E-state index is 0.225. The Labute approximate surface area is 123 Å². The fourth-order valence-corrected chi connectivity index (χ4v) is 2.86. The topological polar surface area (TPSA) is 64.8 Å². The van der Waals surface area contributed by atoms with Gasteiger partial charge >= 0.3 is 0 Å². The van der Waals surface area contributed by atoms with Crippen molar-refractivity contribution in [3.05, 3.63) is 36.2 Å². The summed E-state index contributed by atoms with van der Waals surface area (Å²) in [5.41, 5.74) is 0.697. The molecule has 20 heavy (non-hydrogen) atoms. The molecule has 0 saturated carbocycles. The van der Waals surface area contributed by atoms with Crippen LogP contribution in [0, 0.1) is 0 Å². The Balaban J connectivity index is 2.46. The Bertz CT molecular complexity index is 668. The largest absolute Gasteiger partial charge is 0.297 e. The van der Waals surface area contributed by atoms with Crippen molar-refractivity contribution in [2.45, 2.75) is 37.8 Å². The van der Waals surface area contributed by atoms with E-state index in [4.69, 9.17) is 10.7 Å². The Morgan fingerprint density at radius 3 is 2.45 bits per heavy atom. The number of halogens is 1. The van der Waals surface area contributed by atoms with Gasteiger partial charge in [0.05, 0.1) is 0 Å². The second-order valence-electron chi connectivity index (χ2n) is 4.46. The fraction of sp³-hybridized carbons (Fsp3) is 0.385. The molecule has 0 unspecified atom stereocenters. The van der Waals surface area contributed by atoms with Gasteiger partial charge in [0.1, 0.15) is 5.82 Å². The van der Waals surface area contributed by atoms with Crippen molar-refractivity contribution in [3.63, 3.8) is 0 Å². The third kappa shape index (κ3) is 3.37. The van der Waals surface area contributed by atoms with E-state index in [0.717, 1.165) is 19.3 Å². The molecule has 1 aromatic heterocycles. The first-order valence-corrected chi connectivity index (χ1v) is 8.79. The molecule has 1 aromatic carbocycles. The van der Waals surface area contributed by atoms with Crippen LogP contribution >= 0.6 is 10.7 Å². The average molecular weight is 314 g/mol. The van der Waals surface area contributed by atoms with Crippen molar-refractivity contribution < 1.29 is 8.42 Å². The number of nitrogens with zero attached hydrogens (tertiary/aromatic N) is 3. The molecule has 0 N–H and O–H groups in total. The zero-order chi connectivity index (χ0) is 14.6. The molecule has 0 bridgehead atoms. The molecule has 0 spiro atoms. The van der Waals surface area contributed by atoms with Crippen LogP contribution in [0.5, 0.6) is 0 Å². The van der Waals surface area contributed by atoms with E-state index in [9.17, 15) is 8.42 Å². The summed E-state index contributed by atoms with van der Waals surface area (Å²) >= 11 is 0. The number of rotatable bonds is 6. The SMILES string of the molecule is CCCCCc1nnc(S(=O)(=O)Cl)n1-c1ccccc1. The Hall–Kier alpha value is -1.40. The van der Waals surface area contributed by atoms with E-state index < -0.39 is 9.05 Å². The highest BCUT2D eigenvalue weighted by Crippen LogP contribution is 2.20. The molecule has 0 fully saturated rings. The quantitative estimate of drug-likeness (QED) is 0.607. The smallest absolute Gasteiger partial charge is 0.269 e. The number of aryl methyl sites for hydroxylation is 1. The molecular formula is C13H16ClN3O2S. The number of aromatic nitrogens is 3. The average Bonchev–Trinajstić information content (AvgIpc) is 2.84. The van der Waals surface area contributed by atoms with Crippen LogP contribution in [0.2, 0.25) is 0 Å². The first kappa shape index (κ1) is 15.0. The molecule has 108 valence electrons. The van der Waals surface area contributed by atoms with Crippen LogP contribution in [0.4, 0.5) is 0 Å². The van der Waals surface area contributed by atoms with Gasteiger partial charge in [-0.05, 0) is 18.6 Å². The van der Waals surface area contributed by atoms with E-state index in [1.165, 1.54) is 4.57 Å². The third-order valence-electron chi connectivity index (χ3n) is 2.94. The van der Waals surface area contributed by atoms with Gasteiger partial charge in [0.2, 0.25) is 0 Å². The van der Waals surface area contributed by atoms with Crippen LogP contribution < -0.4 is 0 Å². The van der Waals surface area contributed by atoms with E-state index in [1.54, 1.807) is 12.1 Å². The zero-order valence-corrected chi connectivity index (χ0v) is 12.7. The number of benzene rings is 1. The van der Waals surface area contributed by atoms with Gasteiger partial charge in [-0.3, -0.25) is 4.57 Å². The van der Waals surface area contributed by atoms with Gasteiger partial charge < -0.3 is 0 Å². The number of para-hydroxylation sites is 1. The van der Waals surface area contributed by atoms with E-state index >= 15 is 0 Å². The molecule has 7 heteroatoms. The van der Waals surface area contributed by atoms with E-state index in [-0.39, 0.29) is 5.16 Å². The number of hydrogen-bond donors (Lipinski definition) is 0. The lowest BCUT2D eigenvalue weighted by molar-refractivity contribution is 0.596. The van der Waals surface area contributed by atoms with E-state index in [1.807, 2.05) is 18.2 Å². The van der Waals surface area contributed by atoms with Gasteiger partial charge in [0.15, 0.2) is 0 Å². The summed E-state index contributed by atoms with van der Waals surface area (Å²) in [7, 11) is 1.51. The number of hydrogen-bond acceptors (Lipinski definition) is 4. The van der Waals surface area contributed by atoms with Crippen molar-refractivity contribution in [3.8, 4) is 5.69 Å². The van der Waals surface area contributed by atoms with Crippen molar-refractivity contribution in [2.75, 3.05) is 0 Å². The minimum atomic E-state index is -3.93. The van der Waals surface area contributed by atoms with E-state index in [2.05, 4.69) is 17.1 Å². The maximum Gasteiger partial charge on any atom is 0.297 e. The Kier molecular flexibility index (Phi) is 4.77. The fourth-order valence-electron chi connectivity index (χ4n) is 1.99. The maximum atomic E-state index is 11.6. The summed E-state index contributed by atoms with van der Waals surface area (Å²) in [5, 5.41) is 7.49. The molecule has 2 aromatic rings. The summed E-state index contributed by atoms with van der Waals surface area (Å²) in [4.78, 5) is 0. The predicted octanol–water partition coefficient (Wildman–Crippen LogP) is 2.93. The van der Waals surface area contributed by atoms with Crippen LogP contribution in [0.1, 0.15) is 32.0 Å². The van der Waals surface area contributed by atoms with Gasteiger partial charge in [-0.1, -0.05) is 38.0 Å². The molecule has 0 aliphatic heterocycles. The summed E-state index contributed by atoms with van der Waals surface area (Å²) in [6.45, 7) is 2.11. The molecular weight excluding hydrogens is 298 g/mol. The highest BCUT2D eigenvalue weighted by molar-refractivity contribution is 8.13. The molecule has 2 rings (SSSR count). The maximum absolute atomic E-state index is 11.6. The zero-order valence-electron chi connectivity index (χ0n) is 11.2. The van der Waals surface area contributed by atoms with Gasteiger partial charge in [-0.25, -0.2) is 8.42 Å². The molecule has 5 nitrogen and oxygen atoms in total. The monoisotopic (exact) mass is 313 g/mol. The van der Waals surface area contributed by atoms with Crippen LogP contribution in [0.3, 0.4) is 0 Å². The molecule has 1 heterocycles. The predicted molar refractivity (Wildman–Crippen MR) is 77.6 cm³/mol. The van der Waals surface area contributed by atoms with Crippen LogP contribution in [0.15, 0.2) is 35.5 Å². The highest BCUT2D eigenvalue weighted by atomic mass is 35.7. The summed E-state index contributed by atoms with van der Waals surface area (Å²) in [6.07, 6.45) is 3.75. The summed E-state index contributed by atoms with van der Waals surface area (Å²) in [5.74, 6) is 0.615. The van der Waals surface area contributed by atoms with Gasteiger partial charge in [0.25, 0.3) is 14.2 Å². The molecule has 0 aliphatic rings. The van der Waals surface area contributed by atoms with Crippen molar-refractivity contribution in [1.29, 1.82) is 0 Å². The number of unbranched alkanes of at least 4 members (excludes halogenated alkanes) is 2. The first-order chi connectivity index (χ1) is 9.54. The molecule has 0 amide bonds. The van der Waals surface area contributed by atoms with Gasteiger partial charge in [0, 0.05) is 22.8 Å². The third-order valence-corrected chi connectivity index (χ3v) is 4.05. The lowest BCUT2D eigenvalue weighted by Crippen LogP contribution is -2.07. The van der Waals surface area contributed by atoms with Crippen molar-refractivity contribution >= 4 is 19.7 Å². The van der Waals surface area contributed by atoms with Crippen molar-refractivity contribution in [2.24, 2.45) is 0 Å². The second kappa shape index (κ2) is 6.37. The Morgan fingerprint density at radius 2 is 1.85 bits per heavy atom. The van der Waals surface area contributed by atoms with Crippen LogP contribution in [-0.4, -0.2) is 23.2 Å². The summed E-state index contributed by atoms with van der Waals surface area (Å²) < 4.78 is 24.7. The molecule has 0 radical (unpaired) electrons. The Morgan fingerprint density at radius 1 is 1.15 bits per heavy atom. The van der Waals surface area contributed by atoms with Crippen LogP contribution in [-0.2, 0) is 15.5 Å². The highest BCUT2D eigenvalue weighted by Gasteiger charge is 2.23. The molecule has 0 aliphatic carbocycles. The normalized spacial score (nSPS) is 11.7. The lowest BCUT2D eigenvalue weighted by atomic mass is 10.2. The summed E-state index contributed by atoms with van der Waals surface area (Å²) in [6, 6.07) is 9.13. The standard InChI is InChI=1S/C13H16ClN3O2S/c1-2-3-5-10-12-15-16-13(20(14,18)19)17(12)11-8-6-4-7-9-11/h4,6-9H,2-3,5,10H2,1H3. The molecule has 0 saturated heterocycles. The minimum Gasteiger partial charge on any atom is -0.269 e. The first-order valence-electron chi connectivity index (χ1n) is 6.48. The lowest BCUT2D eigenvalue weighted by Gasteiger charge is -2.08. The van der Waals surface area contributed by atoms with Gasteiger partial charge in [-0.2, -0.15) is 0 Å². The van der Waals surface area contributed by atoms with Crippen molar-refractivity contribution in [1.82, 2.24) is 14.8 Å². The molecule has 0 atom stereocenters. The second-order valence-corrected chi connectivity index (χ2v) is 6.92. The van der Waals surface area contributed by atoms with E-state index in [0.29, 0.717) is 17.9 Å². The van der Waals surface area contributed by atoms with Gasteiger partial charge in [-0.15, -0.1) is 10.2 Å². The van der Waals surface area contributed by atoms with Crippen LogP contribution in [0.25, 0.3) is 5.69 Å².